The van der Waals surface area contributed by atoms with E-state index >= 15 is 0 Å². The zero-order valence-corrected chi connectivity index (χ0v) is 9.77. The first-order valence-electron chi connectivity index (χ1n) is 4.94. The number of carbonyl (C=O) groups excluding carboxylic acids is 1. The minimum absolute atomic E-state index is 0.0472. The third kappa shape index (κ3) is 3.24. The number of amides is 1. The maximum atomic E-state index is 10.7. The molecule has 4 N–H and O–H groups in total. The summed E-state index contributed by atoms with van der Waals surface area (Å²) in [4.78, 5) is 10.7. The van der Waals surface area contributed by atoms with Crippen molar-refractivity contribution >= 4 is 28.9 Å². The monoisotopic (exact) mass is 239 g/mol. The van der Waals surface area contributed by atoms with Crippen molar-refractivity contribution in [3.8, 4) is 0 Å². The van der Waals surface area contributed by atoms with E-state index in [-0.39, 0.29) is 6.54 Å². The second-order valence-electron chi connectivity index (χ2n) is 3.34. The van der Waals surface area contributed by atoms with Gasteiger partial charge in [-0.05, 0) is 24.6 Å². The molecule has 86 valence electrons. The van der Waals surface area contributed by atoms with E-state index in [0.29, 0.717) is 28.4 Å². The lowest BCUT2D eigenvalue weighted by atomic mass is 10.1. The molecule has 4 nitrogen and oxygen atoms in total. The molecule has 0 aliphatic heterocycles. The van der Waals surface area contributed by atoms with Gasteiger partial charge >= 0.3 is 0 Å². The van der Waals surface area contributed by atoms with Crippen molar-refractivity contribution in [2.24, 2.45) is 5.73 Å². The Hall–Kier alpha value is -1.55. The number of halogens is 1. The van der Waals surface area contributed by atoms with Crippen LogP contribution in [0, 0.1) is 5.41 Å². The summed E-state index contributed by atoms with van der Waals surface area (Å²) in [6, 6.07) is 5.15. The Morgan fingerprint density at radius 1 is 1.56 bits per heavy atom. The van der Waals surface area contributed by atoms with E-state index in [1.807, 2.05) is 6.92 Å². The molecule has 0 aliphatic carbocycles. The van der Waals surface area contributed by atoms with Gasteiger partial charge in [-0.15, -0.1) is 0 Å². The fraction of sp³-hybridized carbons (Fsp3) is 0.273. The first kappa shape index (κ1) is 12.5. The highest BCUT2D eigenvalue weighted by atomic mass is 35.5. The lowest BCUT2D eigenvalue weighted by molar-refractivity contribution is -0.116. The smallest absolute Gasteiger partial charge is 0.236 e. The molecule has 16 heavy (non-hydrogen) atoms. The van der Waals surface area contributed by atoms with Crippen molar-refractivity contribution in [2.75, 3.05) is 11.9 Å². The average molecular weight is 240 g/mol. The second-order valence-corrected chi connectivity index (χ2v) is 3.78. The van der Waals surface area contributed by atoms with Crippen LogP contribution >= 0.6 is 11.6 Å². The molecule has 0 aliphatic rings. The Morgan fingerprint density at radius 2 is 2.25 bits per heavy atom. The van der Waals surface area contributed by atoms with E-state index in [0.717, 1.165) is 0 Å². The summed E-state index contributed by atoms with van der Waals surface area (Å²) in [5.74, 6) is -0.441. The van der Waals surface area contributed by atoms with Crippen LogP contribution in [0.3, 0.4) is 0 Å². The Morgan fingerprint density at radius 3 is 2.81 bits per heavy atom. The molecule has 0 saturated heterocycles. The van der Waals surface area contributed by atoms with E-state index in [4.69, 9.17) is 22.7 Å². The highest BCUT2D eigenvalue weighted by Gasteiger charge is 2.07. The third-order valence-electron chi connectivity index (χ3n) is 2.11. The average Bonchev–Trinajstić information content (AvgIpc) is 2.26. The van der Waals surface area contributed by atoms with Crippen LogP contribution in [-0.4, -0.2) is 18.2 Å². The van der Waals surface area contributed by atoms with Gasteiger partial charge in [0.05, 0.1) is 6.54 Å². The molecule has 0 radical (unpaired) electrons. The molecule has 0 atom stereocenters. The molecule has 0 saturated carbocycles. The van der Waals surface area contributed by atoms with Crippen molar-refractivity contribution in [1.29, 1.82) is 5.41 Å². The zero-order valence-electron chi connectivity index (χ0n) is 9.01. The maximum absolute atomic E-state index is 10.7. The summed E-state index contributed by atoms with van der Waals surface area (Å²) < 4.78 is 0. The first-order valence-corrected chi connectivity index (χ1v) is 5.32. The van der Waals surface area contributed by atoms with Gasteiger partial charge in [0.2, 0.25) is 5.91 Å². The summed E-state index contributed by atoms with van der Waals surface area (Å²) in [6.07, 6.45) is 0.603. The number of anilines is 1. The molecule has 0 unspecified atom stereocenters. The molecule has 1 aromatic rings. The standard InChI is InChI=1S/C11H14ClN3O/c1-2-9(13)8-5-7(12)3-4-10(8)15-6-11(14)16/h3-5,13,15H,2,6H2,1H3,(H2,14,16). The molecule has 5 heteroatoms. The Bertz CT molecular complexity index is 418. The molecule has 1 amide bonds. The normalized spacial score (nSPS) is 9.88. The molecule has 0 aromatic heterocycles. The zero-order chi connectivity index (χ0) is 12.1. The Labute approximate surface area is 99.3 Å². The molecular weight excluding hydrogens is 226 g/mol. The molecule has 0 heterocycles. The third-order valence-corrected chi connectivity index (χ3v) is 2.35. The van der Waals surface area contributed by atoms with E-state index in [1.165, 1.54) is 0 Å². The number of hydrogen-bond donors (Lipinski definition) is 3. The predicted octanol–water partition coefficient (Wildman–Crippen LogP) is 2.02. The van der Waals surface area contributed by atoms with E-state index < -0.39 is 5.91 Å². The summed E-state index contributed by atoms with van der Waals surface area (Å²) in [6.45, 7) is 1.94. The number of nitrogens with two attached hydrogens (primary N) is 1. The SMILES string of the molecule is CCC(=N)c1cc(Cl)ccc1NCC(N)=O. The highest BCUT2D eigenvalue weighted by molar-refractivity contribution is 6.31. The summed E-state index contributed by atoms with van der Waals surface area (Å²) in [5, 5.41) is 11.2. The fourth-order valence-electron chi connectivity index (χ4n) is 1.29. The van der Waals surface area contributed by atoms with E-state index in [9.17, 15) is 4.79 Å². The van der Waals surface area contributed by atoms with Crippen LogP contribution in [0.4, 0.5) is 5.69 Å². The fourth-order valence-corrected chi connectivity index (χ4v) is 1.47. The van der Waals surface area contributed by atoms with Gasteiger partial charge in [0, 0.05) is 22.0 Å². The van der Waals surface area contributed by atoms with E-state index in [2.05, 4.69) is 5.32 Å². The van der Waals surface area contributed by atoms with Crippen molar-refractivity contribution in [3.05, 3.63) is 28.8 Å². The van der Waals surface area contributed by atoms with Gasteiger partial charge in [-0.1, -0.05) is 18.5 Å². The van der Waals surface area contributed by atoms with Crippen LogP contribution in [0.15, 0.2) is 18.2 Å². The lowest BCUT2D eigenvalue weighted by Crippen LogP contribution is -2.22. The van der Waals surface area contributed by atoms with E-state index in [1.54, 1.807) is 18.2 Å². The van der Waals surface area contributed by atoms with Crippen molar-refractivity contribution in [1.82, 2.24) is 0 Å². The molecular formula is C11H14ClN3O. The van der Waals surface area contributed by atoms with Gasteiger partial charge in [0.1, 0.15) is 0 Å². The number of rotatable bonds is 5. The van der Waals surface area contributed by atoms with Crippen molar-refractivity contribution in [2.45, 2.75) is 13.3 Å². The molecule has 1 aromatic carbocycles. The van der Waals surface area contributed by atoms with Crippen LogP contribution in [-0.2, 0) is 4.79 Å². The van der Waals surface area contributed by atoms with Crippen LogP contribution in [0.25, 0.3) is 0 Å². The Balaban J connectivity index is 2.98. The quantitative estimate of drug-likeness (QED) is 0.688. The van der Waals surface area contributed by atoms with Crippen molar-refractivity contribution < 1.29 is 4.79 Å². The van der Waals surface area contributed by atoms with Crippen LogP contribution in [0.2, 0.25) is 5.02 Å². The first-order chi connectivity index (χ1) is 7.54. The summed E-state index contributed by atoms with van der Waals surface area (Å²) in [7, 11) is 0. The second kappa shape index (κ2) is 5.51. The minimum Gasteiger partial charge on any atom is -0.376 e. The van der Waals surface area contributed by atoms with Gasteiger partial charge in [-0.25, -0.2) is 0 Å². The number of primary amides is 1. The molecule has 0 fully saturated rings. The summed E-state index contributed by atoms with van der Waals surface area (Å²) >= 11 is 5.86. The van der Waals surface area contributed by atoms with Crippen LogP contribution in [0.1, 0.15) is 18.9 Å². The molecule has 0 bridgehead atoms. The number of hydrogen-bond acceptors (Lipinski definition) is 3. The van der Waals surface area contributed by atoms with Crippen LogP contribution < -0.4 is 11.1 Å². The molecule has 1 rings (SSSR count). The van der Waals surface area contributed by atoms with Gasteiger partial charge in [0.25, 0.3) is 0 Å². The number of carbonyl (C=O) groups is 1. The highest BCUT2D eigenvalue weighted by Crippen LogP contribution is 2.21. The number of nitrogens with one attached hydrogen (secondary N) is 2. The maximum Gasteiger partial charge on any atom is 0.236 e. The van der Waals surface area contributed by atoms with Gasteiger partial charge in [-0.3, -0.25) is 4.79 Å². The minimum atomic E-state index is -0.441. The number of benzene rings is 1. The largest absolute Gasteiger partial charge is 0.376 e. The predicted molar refractivity (Wildman–Crippen MR) is 66.3 cm³/mol. The van der Waals surface area contributed by atoms with Crippen LogP contribution in [0.5, 0.6) is 0 Å². The van der Waals surface area contributed by atoms with Gasteiger partial charge < -0.3 is 16.5 Å². The topological polar surface area (TPSA) is 79.0 Å². The molecule has 0 spiro atoms. The summed E-state index contributed by atoms with van der Waals surface area (Å²) in [5.41, 5.74) is 6.92. The van der Waals surface area contributed by atoms with Gasteiger partial charge in [0.15, 0.2) is 0 Å². The Kier molecular flexibility index (Phi) is 4.31. The lowest BCUT2D eigenvalue weighted by Gasteiger charge is -2.11. The van der Waals surface area contributed by atoms with Gasteiger partial charge in [-0.2, -0.15) is 0 Å². The van der Waals surface area contributed by atoms with Crippen molar-refractivity contribution in [3.63, 3.8) is 0 Å².